The van der Waals surface area contributed by atoms with Gasteiger partial charge in [0.1, 0.15) is 0 Å². The number of benzene rings is 2. The van der Waals surface area contributed by atoms with Crippen LogP contribution in [0.3, 0.4) is 0 Å². The van der Waals surface area contributed by atoms with Crippen LogP contribution in [0.2, 0.25) is 0 Å². The van der Waals surface area contributed by atoms with Crippen molar-refractivity contribution in [2.24, 2.45) is 0 Å². The highest BCUT2D eigenvalue weighted by atomic mass is 32.2. The molecule has 2 bridgehead atoms. The van der Waals surface area contributed by atoms with Gasteiger partial charge >= 0.3 is 0 Å². The third kappa shape index (κ3) is 2.57. The topological polar surface area (TPSA) is 37.4 Å². The Morgan fingerprint density at radius 2 is 1.65 bits per heavy atom. The molecule has 0 saturated carbocycles. The summed E-state index contributed by atoms with van der Waals surface area (Å²) in [5, 5.41) is 0.570. The number of carbonyl (C=O) groups is 2. The number of carbonyl (C=O) groups excluding carboxylic acids is 2. The summed E-state index contributed by atoms with van der Waals surface area (Å²) in [4.78, 5) is 27.7. The Balaban J connectivity index is 1.67. The zero-order valence-electron chi connectivity index (χ0n) is 12.6. The van der Waals surface area contributed by atoms with Crippen molar-refractivity contribution >= 4 is 23.5 Å². The summed E-state index contributed by atoms with van der Waals surface area (Å²) in [7, 11) is 0. The molecule has 2 fully saturated rings. The molecule has 4 rings (SSSR count). The van der Waals surface area contributed by atoms with Crippen LogP contribution in [0.25, 0.3) is 0 Å². The predicted molar refractivity (Wildman–Crippen MR) is 92.0 cm³/mol. The molecule has 0 radical (unpaired) electrons. The van der Waals surface area contributed by atoms with E-state index in [1.54, 1.807) is 24.3 Å². The van der Waals surface area contributed by atoms with Gasteiger partial charge in [0.25, 0.3) is 5.91 Å². The van der Waals surface area contributed by atoms with Crippen molar-refractivity contribution in [2.75, 3.05) is 12.3 Å². The van der Waals surface area contributed by atoms with Crippen molar-refractivity contribution in [2.45, 2.75) is 17.7 Å². The number of likely N-dealkylation sites (tertiary alicyclic amines) is 1. The molecule has 116 valence electrons. The maximum Gasteiger partial charge on any atom is 0.254 e. The van der Waals surface area contributed by atoms with Crippen molar-refractivity contribution in [1.82, 2.24) is 4.90 Å². The highest BCUT2D eigenvalue weighted by Crippen LogP contribution is 2.38. The van der Waals surface area contributed by atoms with Crippen molar-refractivity contribution in [1.29, 1.82) is 0 Å². The van der Waals surface area contributed by atoms with Crippen LogP contribution < -0.4 is 0 Å². The van der Waals surface area contributed by atoms with Crippen LogP contribution in [0, 0.1) is 0 Å². The van der Waals surface area contributed by atoms with Crippen LogP contribution in [0.4, 0.5) is 0 Å². The Morgan fingerprint density at radius 1 is 0.957 bits per heavy atom. The number of hydrogen-bond donors (Lipinski definition) is 0. The lowest BCUT2D eigenvalue weighted by Gasteiger charge is -2.27. The first-order valence-electron chi connectivity index (χ1n) is 7.85. The van der Waals surface area contributed by atoms with Crippen LogP contribution in [-0.2, 0) is 0 Å². The number of rotatable bonds is 3. The molecule has 2 aromatic rings. The Hall–Kier alpha value is -2.07. The fraction of sp³-hybridized carbons (Fsp3) is 0.263. The van der Waals surface area contributed by atoms with Gasteiger partial charge < -0.3 is 4.90 Å². The van der Waals surface area contributed by atoms with Crippen LogP contribution in [-0.4, -0.2) is 40.2 Å². The quantitative estimate of drug-likeness (QED) is 0.814. The summed E-state index contributed by atoms with van der Waals surface area (Å²) in [5.74, 6) is 0.927. The van der Waals surface area contributed by atoms with E-state index in [0.717, 1.165) is 18.7 Å². The predicted octanol–water partition coefficient (Wildman–Crippen LogP) is 3.25. The zero-order chi connectivity index (χ0) is 15.8. The molecule has 0 spiro atoms. The Labute approximate surface area is 139 Å². The van der Waals surface area contributed by atoms with Gasteiger partial charge in [0, 0.05) is 34.7 Å². The van der Waals surface area contributed by atoms with E-state index in [1.165, 1.54) is 0 Å². The summed E-state index contributed by atoms with van der Waals surface area (Å²) in [5.41, 5.74) is 1.64. The first-order chi connectivity index (χ1) is 11.2. The van der Waals surface area contributed by atoms with Gasteiger partial charge in [-0.1, -0.05) is 48.5 Å². The molecule has 3 nitrogen and oxygen atoms in total. The van der Waals surface area contributed by atoms with Crippen LogP contribution in [0.1, 0.15) is 32.7 Å². The summed E-state index contributed by atoms with van der Waals surface area (Å²) >= 11 is 1.96. The maximum absolute atomic E-state index is 13.0. The lowest BCUT2D eigenvalue weighted by Crippen LogP contribution is -2.39. The molecule has 2 atom stereocenters. The zero-order valence-corrected chi connectivity index (χ0v) is 13.5. The molecule has 1 amide bonds. The molecule has 0 N–H and O–H groups in total. The Morgan fingerprint density at radius 3 is 2.30 bits per heavy atom. The van der Waals surface area contributed by atoms with Gasteiger partial charge in [-0.2, -0.15) is 11.8 Å². The molecule has 2 aliphatic rings. The molecule has 23 heavy (non-hydrogen) atoms. The lowest BCUT2D eigenvalue weighted by molar-refractivity contribution is 0.0743. The standard InChI is InChI=1S/C19H17NO2S/c21-18(13-6-2-1-3-7-13)16-8-4-5-9-17(16)19(22)20-11-15-10-14(20)12-23-15/h1-9,14-15H,10-12H2/t14-,15+/m0/s1. The van der Waals surface area contributed by atoms with Gasteiger partial charge in [-0.05, 0) is 12.5 Å². The van der Waals surface area contributed by atoms with Crippen LogP contribution >= 0.6 is 11.8 Å². The molecule has 2 aliphatic heterocycles. The molecule has 0 aromatic heterocycles. The number of nitrogens with zero attached hydrogens (tertiary/aromatic N) is 1. The maximum atomic E-state index is 13.0. The molecular formula is C19H17NO2S. The fourth-order valence-electron chi connectivity index (χ4n) is 3.42. The third-order valence-corrected chi connectivity index (χ3v) is 5.99. The second kappa shape index (κ2) is 5.85. The summed E-state index contributed by atoms with van der Waals surface area (Å²) in [6.07, 6.45) is 1.09. The van der Waals surface area contributed by atoms with Gasteiger partial charge in [-0.15, -0.1) is 0 Å². The SMILES string of the molecule is O=C(c1ccccc1)c1ccccc1C(=O)N1C[C@H]2C[C@H]1CS2. The fourth-order valence-corrected chi connectivity index (χ4v) is 4.85. The summed E-state index contributed by atoms with van der Waals surface area (Å²) in [6.45, 7) is 0.808. The first-order valence-corrected chi connectivity index (χ1v) is 8.90. The first kappa shape index (κ1) is 14.5. The van der Waals surface area contributed by atoms with Gasteiger partial charge in [0.05, 0.1) is 5.56 Å². The molecule has 4 heteroatoms. The van der Waals surface area contributed by atoms with E-state index in [4.69, 9.17) is 0 Å². The minimum atomic E-state index is -0.0896. The van der Waals surface area contributed by atoms with Crippen molar-refractivity contribution in [3.05, 3.63) is 71.3 Å². The molecule has 2 aromatic carbocycles. The van der Waals surface area contributed by atoms with Gasteiger partial charge in [-0.25, -0.2) is 0 Å². The van der Waals surface area contributed by atoms with Crippen molar-refractivity contribution < 1.29 is 9.59 Å². The van der Waals surface area contributed by atoms with Crippen molar-refractivity contribution in [3.8, 4) is 0 Å². The second-order valence-electron chi connectivity index (χ2n) is 6.04. The smallest absolute Gasteiger partial charge is 0.254 e. The Kier molecular flexibility index (Phi) is 3.69. The number of fused-ring (bicyclic) bond motifs is 2. The Bertz CT molecular complexity index is 759. The molecule has 2 saturated heterocycles. The second-order valence-corrected chi connectivity index (χ2v) is 7.38. The normalized spacial score (nSPS) is 22.3. The third-order valence-electron chi connectivity index (χ3n) is 4.60. The van der Waals surface area contributed by atoms with Crippen LogP contribution in [0.15, 0.2) is 54.6 Å². The molecule has 2 heterocycles. The van der Waals surface area contributed by atoms with Gasteiger partial charge in [-0.3, -0.25) is 9.59 Å². The number of thioether (sulfide) groups is 1. The molecular weight excluding hydrogens is 306 g/mol. The van der Waals surface area contributed by atoms with E-state index in [1.807, 2.05) is 47.0 Å². The van der Waals surface area contributed by atoms with E-state index in [2.05, 4.69) is 0 Å². The average molecular weight is 323 g/mol. The van der Waals surface area contributed by atoms with E-state index in [-0.39, 0.29) is 11.7 Å². The monoisotopic (exact) mass is 323 g/mol. The number of ketones is 1. The summed E-state index contributed by atoms with van der Waals surface area (Å²) < 4.78 is 0. The number of amides is 1. The van der Waals surface area contributed by atoms with E-state index >= 15 is 0 Å². The van der Waals surface area contributed by atoms with E-state index in [0.29, 0.717) is 28.0 Å². The lowest BCUT2D eigenvalue weighted by atomic mass is 9.97. The number of hydrogen-bond acceptors (Lipinski definition) is 3. The minimum Gasteiger partial charge on any atom is -0.334 e. The van der Waals surface area contributed by atoms with Crippen LogP contribution in [0.5, 0.6) is 0 Å². The highest BCUT2D eigenvalue weighted by Gasteiger charge is 2.41. The van der Waals surface area contributed by atoms with E-state index < -0.39 is 0 Å². The van der Waals surface area contributed by atoms with Gasteiger partial charge in [0.15, 0.2) is 5.78 Å². The molecule has 0 aliphatic carbocycles. The van der Waals surface area contributed by atoms with E-state index in [9.17, 15) is 9.59 Å². The van der Waals surface area contributed by atoms with Crippen molar-refractivity contribution in [3.63, 3.8) is 0 Å². The highest BCUT2D eigenvalue weighted by molar-refractivity contribution is 8.00. The minimum absolute atomic E-state index is 0.00215. The molecule has 0 unspecified atom stereocenters. The largest absolute Gasteiger partial charge is 0.334 e. The van der Waals surface area contributed by atoms with Gasteiger partial charge in [0.2, 0.25) is 0 Å². The average Bonchev–Trinajstić information content (AvgIpc) is 3.24. The summed E-state index contributed by atoms with van der Waals surface area (Å²) in [6, 6.07) is 16.7.